The van der Waals surface area contributed by atoms with Gasteiger partial charge in [0.05, 0.1) is 0 Å². The van der Waals surface area contributed by atoms with Crippen molar-refractivity contribution in [3.63, 3.8) is 0 Å². The summed E-state index contributed by atoms with van der Waals surface area (Å²) in [6.07, 6.45) is 3.54. The largest absolute Gasteiger partial charge is 0.348 e. The molecular formula is C23H37FN4O2+2. The van der Waals surface area contributed by atoms with Crippen molar-refractivity contribution in [3.05, 3.63) is 30.1 Å². The van der Waals surface area contributed by atoms with E-state index in [0.29, 0.717) is 30.1 Å². The van der Waals surface area contributed by atoms with Crippen LogP contribution in [0.25, 0.3) is 0 Å². The minimum Gasteiger partial charge on any atom is -0.348 e. The van der Waals surface area contributed by atoms with Gasteiger partial charge < -0.3 is 20.4 Å². The predicted molar refractivity (Wildman–Crippen MR) is 115 cm³/mol. The zero-order valence-electron chi connectivity index (χ0n) is 18.5. The van der Waals surface area contributed by atoms with Gasteiger partial charge in [0.1, 0.15) is 32.0 Å². The van der Waals surface area contributed by atoms with Crippen LogP contribution >= 0.6 is 0 Å². The Morgan fingerprint density at radius 2 is 1.77 bits per heavy atom. The quantitative estimate of drug-likeness (QED) is 0.518. The molecule has 0 unspecified atom stereocenters. The molecule has 0 radical (unpaired) electrons. The van der Waals surface area contributed by atoms with Crippen molar-refractivity contribution in [3.8, 4) is 0 Å². The molecule has 0 bridgehead atoms. The number of halogens is 1. The van der Waals surface area contributed by atoms with Gasteiger partial charge in [-0.05, 0) is 49.4 Å². The van der Waals surface area contributed by atoms with Gasteiger partial charge >= 0.3 is 0 Å². The summed E-state index contributed by atoms with van der Waals surface area (Å²) in [5.74, 6) is 0.980. The van der Waals surface area contributed by atoms with E-state index < -0.39 is 0 Å². The second kappa shape index (κ2) is 10.4. The number of amides is 2. The Bertz CT molecular complexity index is 718. The van der Waals surface area contributed by atoms with Gasteiger partial charge in [-0.2, -0.15) is 0 Å². The molecule has 1 saturated heterocycles. The number of anilines is 1. The summed E-state index contributed by atoms with van der Waals surface area (Å²) in [5.41, 5.74) is 0.613. The van der Waals surface area contributed by atoms with Gasteiger partial charge in [-0.1, -0.05) is 26.7 Å². The van der Waals surface area contributed by atoms with Gasteiger partial charge in [0.15, 0.2) is 12.6 Å². The molecule has 3 rings (SSSR count). The predicted octanol–water partition coefficient (Wildman–Crippen LogP) is -0.123. The van der Waals surface area contributed by atoms with E-state index in [9.17, 15) is 14.0 Å². The summed E-state index contributed by atoms with van der Waals surface area (Å²) in [6.45, 7) is 10.4. The third-order valence-electron chi connectivity index (χ3n) is 7.18. The molecule has 0 spiro atoms. The maximum absolute atomic E-state index is 13.0. The zero-order valence-corrected chi connectivity index (χ0v) is 18.5. The number of nitrogens with one attached hydrogen (secondary N) is 4. The fraction of sp³-hybridized carbons (Fsp3) is 0.652. The van der Waals surface area contributed by atoms with Gasteiger partial charge in [0.2, 0.25) is 0 Å². The molecule has 1 aliphatic carbocycles. The first-order chi connectivity index (χ1) is 14.3. The first-order valence-electron chi connectivity index (χ1n) is 11.4. The number of quaternary nitrogens is 2. The van der Waals surface area contributed by atoms with Crippen LogP contribution < -0.4 is 20.4 Å². The van der Waals surface area contributed by atoms with Crippen molar-refractivity contribution in [2.75, 3.05) is 38.0 Å². The number of piperazine rings is 1. The summed E-state index contributed by atoms with van der Waals surface area (Å²) in [5, 5.41) is 6.14. The van der Waals surface area contributed by atoms with Gasteiger partial charge in [0, 0.05) is 11.7 Å². The SMILES string of the molecule is C[C@@H]1[C@H](C)CCC[C@H]1NC(=O)[C@@H](C)[NH+]1CC[NH+](CC(=O)Nc2ccc(F)cc2)CC1. The van der Waals surface area contributed by atoms with Gasteiger partial charge in [-0.15, -0.1) is 0 Å². The van der Waals surface area contributed by atoms with Crippen molar-refractivity contribution in [2.45, 2.75) is 52.1 Å². The monoisotopic (exact) mass is 420 g/mol. The minimum atomic E-state index is -0.316. The van der Waals surface area contributed by atoms with Crippen LogP contribution in [0.4, 0.5) is 10.1 Å². The number of benzene rings is 1. The maximum atomic E-state index is 13.0. The van der Waals surface area contributed by atoms with Crippen LogP contribution in [0, 0.1) is 17.7 Å². The summed E-state index contributed by atoms with van der Waals surface area (Å²) in [4.78, 5) is 27.6. The molecule has 7 heteroatoms. The van der Waals surface area contributed by atoms with E-state index >= 15 is 0 Å². The average molecular weight is 421 g/mol. The van der Waals surface area contributed by atoms with Crippen molar-refractivity contribution in [1.82, 2.24) is 5.32 Å². The highest BCUT2D eigenvalue weighted by atomic mass is 19.1. The van der Waals surface area contributed by atoms with E-state index in [2.05, 4.69) is 24.5 Å². The van der Waals surface area contributed by atoms with Crippen molar-refractivity contribution >= 4 is 17.5 Å². The number of carbonyl (C=O) groups is 2. The molecule has 1 aliphatic heterocycles. The summed E-state index contributed by atoms with van der Waals surface area (Å²) in [6, 6.07) is 6.05. The molecule has 1 aromatic rings. The standard InChI is InChI=1S/C23H35FN4O2/c1-16-5-4-6-21(17(16)2)26-23(30)18(3)28-13-11-27(12-14-28)15-22(29)25-20-9-7-19(24)8-10-20/h7-10,16-18,21H,4-6,11-15H2,1-3H3,(H,25,29)(H,26,30)/p+2/t16-,17-,18-,21-/m1/s1. The van der Waals surface area contributed by atoms with Crippen LogP contribution in [0.15, 0.2) is 24.3 Å². The Morgan fingerprint density at radius 1 is 1.10 bits per heavy atom. The Kier molecular flexibility index (Phi) is 7.83. The highest BCUT2D eigenvalue weighted by Crippen LogP contribution is 2.29. The Labute approximate surface area is 179 Å². The van der Waals surface area contributed by atoms with E-state index in [-0.39, 0.29) is 23.7 Å². The van der Waals surface area contributed by atoms with Crippen LogP contribution in [0.2, 0.25) is 0 Å². The lowest BCUT2D eigenvalue weighted by molar-refractivity contribution is -1.01. The Balaban J connectivity index is 1.41. The molecular weight excluding hydrogens is 383 g/mol. The van der Waals surface area contributed by atoms with E-state index in [1.807, 2.05) is 6.92 Å². The first-order valence-corrected chi connectivity index (χ1v) is 11.4. The average Bonchev–Trinajstić information content (AvgIpc) is 2.73. The van der Waals surface area contributed by atoms with Crippen molar-refractivity contribution in [1.29, 1.82) is 0 Å². The maximum Gasteiger partial charge on any atom is 0.279 e. The third kappa shape index (κ3) is 6.01. The van der Waals surface area contributed by atoms with Gasteiger partial charge in [-0.3, -0.25) is 9.59 Å². The molecule has 0 aromatic heterocycles. The second-order valence-corrected chi connectivity index (χ2v) is 9.24. The summed E-state index contributed by atoms with van der Waals surface area (Å²) in [7, 11) is 0. The lowest BCUT2D eigenvalue weighted by Crippen LogP contribution is -3.30. The number of carbonyl (C=O) groups excluding carboxylic acids is 2. The summed E-state index contributed by atoms with van der Waals surface area (Å²) < 4.78 is 13.0. The number of hydrogen-bond acceptors (Lipinski definition) is 2. The smallest absolute Gasteiger partial charge is 0.279 e. The van der Waals surface area contributed by atoms with Gasteiger partial charge in [-0.25, -0.2) is 4.39 Å². The van der Waals surface area contributed by atoms with E-state index in [1.165, 1.54) is 34.8 Å². The molecule has 4 atom stereocenters. The summed E-state index contributed by atoms with van der Waals surface area (Å²) >= 11 is 0. The number of rotatable bonds is 6. The fourth-order valence-electron chi connectivity index (χ4n) is 4.78. The third-order valence-corrected chi connectivity index (χ3v) is 7.18. The lowest BCUT2D eigenvalue weighted by Gasteiger charge is -2.36. The van der Waals surface area contributed by atoms with Gasteiger partial charge in [0.25, 0.3) is 11.8 Å². The lowest BCUT2D eigenvalue weighted by atomic mass is 9.78. The van der Waals surface area contributed by atoms with E-state index in [0.717, 1.165) is 32.6 Å². The van der Waals surface area contributed by atoms with E-state index in [4.69, 9.17) is 0 Å². The molecule has 2 aliphatic rings. The van der Waals surface area contributed by atoms with Crippen LogP contribution in [-0.2, 0) is 9.59 Å². The molecule has 6 nitrogen and oxygen atoms in total. The Morgan fingerprint density at radius 3 is 2.43 bits per heavy atom. The number of hydrogen-bond donors (Lipinski definition) is 4. The van der Waals surface area contributed by atoms with Crippen LogP contribution in [0.5, 0.6) is 0 Å². The minimum absolute atomic E-state index is 0.0637. The molecule has 1 heterocycles. The second-order valence-electron chi connectivity index (χ2n) is 9.24. The van der Waals surface area contributed by atoms with Crippen molar-refractivity contribution < 1.29 is 23.8 Å². The fourth-order valence-corrected chi connectivity index (χ4v) is 4.78. The molecule has 1 saturated carbocycles. The molecule has 4 N–H and O–H groups in total. The van der Waals surface area contributed by atoms with Crippen LogP contribution in [0.1, 0.15) is 40.0 Å². The molecule has 166 valence electrons. The normalized spacial score (nSPS) is 30.3. The zero-order chi connectivity index (χ0) is 21.7. The molecule has 1 aromatic carbocycles. The highest BCUT2D eigenvalue weighted by molar-refractivity contribution is 5.91. The molecule has 2 amide bonds. The topological polar surface area (TPSA) is 67.1 Å². The van der Waals surface area contributed by atoms with Crippen LogP contribution in [-0.4, -0.2) is 56.6 Å². The van der Waals surface area contributed by atoms with Crippen molar-refractivity contribution in [2.24, 2.45) is 11.8 Å². The molecule has 2 fully saturated rings. The van der Waals surface area contributed by atoms with E-state index in [1.54, 1.807) is 12.1 Å². The molecule has 30 heavy (non-hydrogen) atoms. The Hall–Kier alpha value is -1.99. The first kappa shape index (κ1) is 22.7. The highest BCUT2D eigenvalue weighted by Gasteiger charge is 2.34. The van der Waals surface area contributed by atoms with Crippen LogP contribution in [0.3, 0.4) is 0 Å².